The molecule has 0 aliphatic carbocycles. The highest BCUT2D eigenvalue weighted by atomic mass is 16.5. The van der Waals surface area contributed by atoms with E-state index >= 15 is 0 Å². The predicted molar refractivity (Wildman–Crippen MR) is 118 cm³/mol. The Morgan fingerprint density at radius 3 is 2.70 bits per heavy atom. The van der Waals surface area contributed by atoms with E-state index in [1.54, 1.807) is 10.7 Å². The van der Waals surface area contributed by atoms with Crippen LogP contribution in [0.15, 0.2) is 18.5 Å². The second kappa shape index (κ2) is 8.85. The van der Waals surface area contributed by atoms with E-state index < -0.39 is 0 Å². The molecule has 160 valence electrons. The normalized spacial score (nSPS) is 15.5. The number of imidazole rings is 1. The van der Waals surface area contributed by atoms with Crippen LogP contribution >= 0.6 is 0 Å². The molecule has 0 amide bonds. The third kappa shape index (κ3) is 4.32. The van der Waals surface area contributed by atoms with E-state index in [1.807, 2.05) is 13.1 Å². The molecule has 1 aliphatic rings. The number of nitrogens with zero attached hydrogens (tertiary/aromatic N) is 6. The topological polar surface area (TPSA) is 94.5 Å². The van der Waals surface area contributed by atoms with Crippen molar-refractivity contribution in [1.29, 1.82) is 0 Å². The van der Waals surface area contributed by atoms with Gasteiger partial charge < -0.3 is 15.4 Å². The van der Waals surface area contributed by atoms with Crippen LogP contribution in [0.3, 0.4) is 0 Å². The van der Waals surface area contributed by atoms with Gasteiger partial charge in [0.05, 0.1) is 18.0 Å². The SMILES string of the molecule is CCC[C@H](C)Oc1nc(N)c2ncc(Cc3cnc(N4CCCCC4)c(C)c3)n2n1. The minimum atomic E-state index is 0.0352. The van der Waals surface area contributed by atoms with Crippen molar-refractivity contribution in [3.63, 3.8) is 0 Å². The molecule has 4 rings (SSSR count). The van der Waals surface area contributed by atoms with Crippen molar-refractivity contribution < 1.29 is 4.74 Å². The first-order valence-corrected chi connectivity index (χ1v) is 10.9. The van der Waals surface area contributed by atoms with Gasteiger partial charge in [0, 0.05) is 25.7 Å². The molecule has 4 heterocycles. The van der Waals surface area contributed by atoms with E-state index in [9.17, 15) is 0 Å². The quantitative estimate of drug-likeness (QED) is 0.637. The lowest BCUT2D eigenvalue weighted by Crippen LogP contribution is -2.30. The average molecular weight is 410 g/mol. The summed E-state index contributed by atoms with van der Waals surface area (Å²) in [5, 5.41) is 4.54. The molecule has 0 unspecified atom stereocenters. The number of fused-ring (bicyclic) bond motifs is 1. The molecular weight excluding hydrogens is 378 g/mol. The molecule has 0 radical (unpaired) electrons. The zero-order valence-electron chi connectivity index (χ0n) is 18.1. The number of aromatic nitrogens is 5. The van der Waals surface area contributed by atoms with Crippen LogP contribution < -0.4 is 15.4 Å². The number of aryl methyl sites for hydroxylation is 1. The van der Waals surface area contributed by atoms with Crippen LogP contribution in [-0.2, 0) is 6.42 Å². The highest BCUT2D eigenvalue weighted by Crippen LogP contribution is 2.24. The summed E-state index contributed by atoms with van der Waals surface area (Å²) >= 11 is 0. The van der Waals surface area contributed by atoms with Crippen molar-refractivity contribution in [3.05, 3.63) is 35.3 Å². The number of hydrogen-bond donors (Lipinski definition) is 1. The standard InChI is InChI=1S/C22H31N7O/c1-4-8-16(3)30-22-26-19(23)21-25-14-18(29(21)27-22)12-17-11-15(2)20(24-13-17)28-9-6-5-7-10-28/h11,13-14,16H,4-10,12H2,1-3H3,(H2,23,26,27)/t16-/m0/s1. The average Bonchev–Trinajstić information content (AvgIpc) is 3.12. The molecule has 1 saturated heterocycles. The van der Waals surface area contributed by atoms with E-state index in [-0.39, 0.29) is 12.1 Å². The van der Waals surface area contributed by atoms with Gasteiger partial charge in [0.1, 0.15) is 5.82 Å². The number of anilines is 2. The largest absolute Gasteiger partial charge is 0.459 e. The Morgan fingerprint density at radius 1 is 1.17 bits per heavy atom. The first kappa shape index (κ1) is 20.4. The van der Waals surface area contributed by atoms with Gasteiger partial charge in [-0.1, -0.05) is 19.4 Å². The van der Waals surface area contributed by atoms with Crippen molar-refractivity contribution in [2.75, 3.05) is 23.7 Å². The van der Waals surface area contributed by atoms with Gasteiger partial charge in [0.15, 0.2) is 11.5 Å². The van der Waals surface area contributed by atoms with E-state index in [4.69, 9.17) is 15.5 Å². The smallest absolute Gasteiger partial charge is 0.336 e. The Hall–Kier alpha value is -2.90. The van der Waals surface area contributed by atoms with Gasteiger partial charge in [0.25, 0.3) is 0 Å². The van der Waals surface area contributed by atoms with Gasteiger partial charge in [-0.3, -0.25) is 0 Å². The second-order valence-corrected chi connectivity index (χ2v) is 8.19. The summed E-state index contributed by atoms with van der Waals surface area (Å²) in [6.07, 6.45) is 10.2. The van der Waals surface area contributed by atoms with Gasteiger partial charge >= 0.3 is 6.01 Å². The second-order valence-electron chi connectivity index (χ2n) is 8.19. The fourth-order valence-electron chi connectivity index (χ4n) is 4.11. The number of nitrogen functional groups attached to an aromatic ring is 1. The zero-order chi connectivity index (χ0) is 21.1. The maximum Gasteiger partial charge on any atom is 0.336 e. The number of hydrogen-bond acceptors (Lipinski definition) is 7. The molecule has 8 heteroatoms. The molecule has 0 spiro atoms. The molecular formula is C22H31N7O. The Morgan fingerprint density at radius 2 is 1.97 bits per heavy atom. The third-order valence-electron chi connectivity index (χ3n) is 5.59. The molecule has 1 atom stereocenters. The molecule has 30 heavy (non-hydrogen) atoms. The van der Waals surface area contributed by atoms with E-state index in [2.05, 4.69) is 39.9 Å². The molecule has 3 aromatic heterocycles. The summed E-state index contributed by atoms with van der Waals surface area (Å²) in [6, 6.07) is 2.50. The maximum absolute atomic E-state index is 6.11. The first-order valence-electron chi connectivity index (χ1n) is 10.9. The lowest BCUT2D eigenvalue weighted by Gasteiger charge is -2.29. The van der Waals surface area contributed by atoms with Crippen LogP contribution in [0.1, 0.15) is 62.8 Å². The number of nitrogens with two attached hydrogens (primary N) is 1. The molecule has 8 nitrogen and oxygen atoms in total. The molecule has 1 fully saturated rings. The van der Waals surface area contributed by atoms with Crippen LogP contribution in [0.25, 0.3) is 5.65 Å². The monoisotopic (exact) mass is 409 g/mol. The summed E-state index contributed by atoms with van der Waals surface area (Å²) in [4.78, 5) is 15.8. The lowest BCUT2D eigenvalue weighted by atomic mass is 10.1. The van der Waals surface area contributed by atoms with Crippen molar-refractivity contribution in [3.8, 4) is 6.01 Å². The summed E-state index contributed by atoms with van der Waals surface area (Å²) in [6.45, 7) is 8.46. The Labute approximate surface area is 177 Å². The third-order valence-corrected chi connectivity index (χ3v) is 5.59. The molecule has 0 saturated carbocycles. The van der Waals surface area contributed by atoms with Gasteiger partial charge in [-0.2, -0.15) is 4.98 Å². The Bertz CT molecular complexity index is 1010. The highest BCUT2D eigenvalue weighted by Gasteiger charge is 2.17. The highest BCUT2D eigenvalue weighted by molar-refractivity contribution is 5.60. The van der Waals surface area contributed by atoms with Crippen LogP contribution in [0.5, 0.6) is 6.01 Å². The van der Waals surface area contributed by atoms with Crippen LogP contribution in [0.4, 0.5) is 11.6 Å². The van der Waals surface area contributed by atoms with Crippen molar-refractivity contribution in [2.24, 2.45) is 0 Å². The predicted octanol–water partition coefficient (Wildman–Crippen LogP) is 3.56. The summed E-state index contributed by atoms with van der Waals surface area (Å²) in [7, 11) is 0. The zero-order valence-corrected chi connectivity index (χ0v) is 18.1. The maximum atomic E-state index is 6.11. The van der Waals surface area contributed by atoms with Crippen LogP contribution in [-0.4, -0.2) is 43.8 Å². The Kier molecular flexibility index (Phi) is 6.01. The number of pyridine rings is 1. The molecule has 2 N–H and O–H groups in total. The van der Waals surface area contributed by atoms with E-state index in [0.717, 1.165) is 43.0 Å². The summed E-state index contributed by atoms with van der Waals surface area (Å²) < 4.78 is 7.59. The van der Waals surface area contributed by atoms with Crippen molar-refractivity contribution >= 4 is 17.3 Å². The minimum absolute atomic E-state index is 0.0352. The molecule has 1 aliphatic heterocycles. The summed E-state index contributed by atoms with van der Waals surface area (Å²) in [5.74, 6) is 1.42. The van der Waals surface area contributed by atoms with Crippen molar-refractivity contribution in [1.82, 2.24) is 24.6 Å². The van der Waals surface area contributed by atoms with Gasteiger partial charge in [-0.25, -0.2) is 14.5 Å². The van der Waals surface area contributed by atoms with E-state index in [1.165, 1.54) is 24.8 Å². The number of rotatable bonds is 7. The Balaban J connectivity index is 1.57. The van der Waals surface area contributed by atoms with Crippen molar-refractivity contribution in [2.45, 2.75) is 65.4 Å². The number of ether oxygens (including phenoxy) is 1. The lowest BCUT2D eigenvalue weighted by molar-refractivity contribution is 0.189. The van der Waals surface area contributed by atoms with Gasteiger partial charge in [-0.15, -0.1) is 5.10 Å². The van der Waals surface area contributed by atoms with Crippen LogP contribution in [0.2, 0.25) is 0 Å². The van der Waals surface area contributed by atoms with Crippen LogP contribution in [0, 0.1) is 6.92 Å². The van der Waals surface area contributed by atoms with E-state index in [0.29, 0.717) is 17.9 Å². The molecule has 3 aromatic rings. The molecule has 0 bridgehead atoms. The summed E-state index contributed by atoms with van der Waals surface area (Å²) in [5.41, 5.74) is 9.91. The fraction of sp³-hybridized carbons (Fsp3) is 0.545. The van der Waals surface area contributed by atoms with Gasteiger partial charge in [-0.05, 0) is 50.7 Å². The molecule has 0 aromatic carbocycles. The number of piperidine rings is 1. The fourth-order valence-corrected chi connectivity index (χ4v) is 4.11. The first-order chi connectivity index (χ1) is 14.5. The van der Waals surface area contributed by atoms with Gasteiger partial charge in [0.2, 0.25) is 0 Å². The minimum Gasteiger partial charge on any atom is -0.459 e.